The van der Waals surface area contributed by atoms with Gasteiger partial charge in [0.15, 0.2) is 0 Å². The molecule has 0 fully saturated rings. The van der Waals surface area contributed by atoms with E-state index in [0.717, 1.165) is 22.4 Å². The Kier molecular flexibility index (Phi) is 4.72. The predicted molar refractivity (Wildman–Crippen MR) is 96.6 cm³/mol. The summed E-state index contributed by atoms with van der Waals surface area (Å²) in [5.74, 6) is -0.812. The minimum Gasteiger partial charge on any atom is -0.480 e. The SMILES string of the molecule is Nc1nc(-c2ccccc2)cc(-c2ccc(C[C@H](N)C(=O)O)cc2)n1. The van der Waals surface area contributed by atoms with E-state index >= 15 is 0 Å². The molecule has 6 heteroatoms. The molecule has 0 unspecified atom stereocenters. The summed E-state index contributed by atoms with van der Waals surface area (Å²) in [6, 6.07) is 18.1. The number of carboxylic acid groups (broad SMARTS) is 1. The first-order valence-corrected chi connectivity index (χ1v) is 7.80. The topological polar surface area (TPSA) is 115 Å². The molecule has 0 amide bonds. The summed E-state index contributed by atoms with van der Waals surface area (Å²) in [6.45, 7) is 0. The summed E-state index contributed by atoms with van der Waals surface area (Å²) in [6.07, 6.45) is 0.275. The van der Waals surface area contributed by atoms with Crippen molar-refractivity contribution in [1.29, 1.82) is 0 Å². The Labute approximate surface area is 145 Å². The number of nitrogen functional groups attached to an aromatic ring is 1. The fourth-order valence-corrected chi connectivity index (χ4v) is 2.52. The van der Waals surface area contributed by atoms with Gasteiger partial charge in [0.2, 0.25) is 5.95 Å². The van der Waals surface area contributed by atoms with E-state index < -0.39 is 12.0 Å². The summed E-state index contributed by atoms with van der Waals surface area (Å²) in [7, 11) is 0. The van der Waals surface area contributed by atoms with Crippen molar-refractivity contribution in [3.8, 4) is 22.5 Å². The van der Waals surface area contributed by atoms with Gasteiger partial charge in [0.25, 0.3) is 0 Å². The number of benzene rings is 2. The van der Waals surface area contributed by atoms with Crippen LogP contribution in [0.1, 0.15) is 5.56 Å². The minimum atomic E-state index is -1.01. The smallest absolute Gasteiger partial charge is 0.320 e. The number of hydrogen-bond donors (Lipinski definition) is 3. The molecule has 0 spiro atoms. The van der Waals surface area contributed by atoms with Crippen LogP contribution in [0.5, 0.6) is 0 Å². The van der Waals surface area contributed by atoms with E-state index in [1.165, 1.54) is 0 Å². The normalized spacial score (nSPS) is 11.9. The van der Waals surface area contributed by atoms with Crippen LogP contribution in [0.15, 0.2) is 60.7 Å². The van der Waals surface area contributed by atoms with Crippen molar-refractivity contribution in [3.63, 3.8) is 0 Å². The number of nitrogens with zero attached hydrogens (tertiary/aromatic N) is 2. The maximum absolute atomic E-state index is 10.8. The van der Waals surface area contributed by atoms with Crippen LogP contribution in [-0.2, 0) is 11.2 Å². The van der Waals surface area contributed by atoms with Crippen LogP contribution in [0.4, 0.5) is 5.95 Å². The molecule has 5 N–H and O–H groups in total. The Morgan fingerprint density at radius 3 is 2.08 bits per heavy atom. The summed E-state index contributed by atoms with van der Waals surface area (Å²) in [5.41, 5.74) is 15.6. The van der Waals surface area contributed by atoms with Crippen LogP contribution >= 0.6 is 0 Å². The fraction of sp³-hybridized carbons (Fsp3) is 0.105. The average Bonchev–Trinajstić information content (AvgIpc) is 2.62. The van der Waals surface area contributed by atoms with E-state index in [1.54, 1.807) is 0 Å². The predicted octanol–water partition coefficient (Wildman–Crippen LogP) is 2.35. The maximum Gasteiger partial charge on any atom is 0.320 e. The quantitative estimate of drug-likeness (QED) is 0.659. The Morgan fingerprint density at radius 2 is 1.52 bits per heavy atom. The van der Waals surface area contributed by atoms with Gasteiger partial charge >= 0.3 is 5.97 Å². The molecule has 126 valence electrons. The molecule has 3 aromatic rings. The van der Waals surface area contributed by atoms with Crippen LogP contribution < -0.4 is 11.5 Å². The molecule has 0 aliphatic rings. The lowest BCUT2D eigenvalue weighted by atomic mass is 10.0. The Morgan fingerprint density at radius 1 is 0.960 bits per heavy atom. The first-order valence-electron chi connectivity index (χ1n) is 7.80. The van der Waals surface area contributed by atoms with Gasteiger partial charge in [0.05, 0.1) is 11.4 Å². The zero-order chi connectivity index (χ0) is 17.8. The summed E-state index contributed by atoms with van der Waals surface area (Å²) < 4.78 is 0. The van der Waals surface area contributed by atoms with Gasteiger partial charge in [0.1, 0.15) is 6.04 Å². The van der Waals surface area contributed by atoms with Gasteiger partial charge < -0.3 is 16.6 Å². The van der Waals surface area contributed by atoms with Gasteiger partial charge in [-0.25, -0.2) is 9.97 Å². The number of hydrogen-bond acceptors (Lipinski definition) is 5. The van der Waals surface area contributed by atoms with Gasteiger partial charge in [-0.3, -0.25) is 4.79 Å². The first-order chi connectivity index (χ1) is 12.0. The Bertz CT molecular complexity index is 880. The largest absolute Gasteiger partial charge is 0.480 e. The molecule has 0 saturated heterocycles. The van der Waals surface area contributed by atoms with E-state index in [9.17, 15) is 4.79 Å². The van der Waals surface area contributed by atoms with Crippen molar-refractivity contribution in [2.45, 2.75) is 12.5 Å². The van der Waals surface area contributed by atoms with Gasteiger partial charge in [-0.1, -0.05) is 54.6 Å². The Balaban J connectivity index is 1.89. The molecule has 0 aliphatic heterocycles. The molecule has 1 atom stereocenters. The number of nitrogens with two attached hydrogens (primary N) is 2. The lowest BCUT2D eigenvalue weighted by Crippen LogP contribution is -2.32. The van der Waals surface area contributed by atoms with Gasteiger partial charge in [-0.15, -0.1) is 0 Å². The van der Waals surface area contributed by atoms with E-state index in [1.807, 2.05) is 60.7 Å². The molecule has 3 rings (SSSR count). The number of anilines is 1. The molecule has 1 aromatic heterocycles. The lowest BCUT2D eigenvalue weighted by Gasteiger charge is -2.09. The highest BCUT2D eigenvalue weighted by Crippen LogP contribution is 2.24. The van der Waals surface area contributed by atoms with Crippen molar-refractivity contribution in [3.05, 3.63) is 66.2 Å². The zero-order valence-electron chi connectivity index (χ0n) is 13.5. The highest BCUT2D eigenvalue weighted by atomic mass is 16.4. The van der Waals surface area contributed by atoms with Crippen molar-refractivity contribution in [1.82, 2.24) is 9.97 Å². The highest BCUT2D eigenvalue weighted by molar-refractivity contribution is 5.73. The summed E-state index contributed by atoms with van der Waals surface area (Å²) in [5, 5.41) is 8.89. The Hall–Kier alpha value is -3.25. The molecule has 2 aromatic carbocycles. The summed E-state index contributed by atoms with van der Waals surface area (Å²) in [4.78, 5) is 19.4. The molecule has 0 saturated carbocycles. The number of carbonyl (C=O) groups is 1. The monoisotopic (exact) mass is 334 g/mol. The van der Waals surface area contributed by atoms with Crippen LogP contribution in [0, 0.1) is 0 Å². The van der Waals surface area contributed by atoms with Crippen molar-refractivity contribution >= 4 is 11.9 Å². The number of aromatic nitrogens is 2. The number of rotatable bonds is 5. The average molecular weight is 334 g/mol. The van der Waals surface area contributed by atoms with Crippen LogP contribution in [0.2, 0.25) is 0 Å². The van der Waals surface area contributed by atoms with Crippen molar-refractivity contribution in [2.24, 2.45) is 5.73 Å². The highest BCUT2D eigenvalue weighted by Gasteiger charge is 2.12. The molecule has 0 bridgehead atoms. The van der Waals surface area contributed by atoms with Crippen molar-refractivity contribution < 1.29 is 9.90 Å². The van der Waals surface area contributed by atoms with Gasteiger partial charge in [-0.05, 0) is 18.1 Å². The van der Waals surface area contributed by atoms with E-state index in [-0.39, 0.29) is 12.4 Å². The third kappa shape index (κ3) is 3.99. The van der Waals surface area contributed by atoms with Crippen LogP contribution in [0.3, 0.4) is 0 Å². The minimum absolute atomic E-state index is 0.202. The second-order valence-electron chi connectivity index (χ2n) is 5.71. The first kappa shape index (κ1) is 16.6. The zero-order valence-corrected chi connectivity index (χ0v) is 13.5. The third-order valence-electron chi connectivity index (χ3n) is 3.84. The van der Waals surface area contributed by atoms with Gasteiger partial charge in [0, 0.05) is 11.1 Å². The second kappa shape index (κ2) is 7.11. The fourth-order valence-electron chi connectivity index (χ4n) is 2.52. The number of carboxylic acids is 1. The van der Waals surface area contributed by atoms with Crippen LogP contribution in [0.25, 0.3) is 22.5 Å². The summed E-state index contributed by atoms with van der Waals surface area (Å²) >= 11 is 0. The molecular formula is C19H18N4O2. The maximum atomic E-state index is 10.8. The van der Waals surface area contributed by atoms with E-state index in [4.69, 9.17) is 16.6 Å². The molecule has 1 heterocycles. The van der Waals surface area contributed by atoms with E-state index in [2.05, 4.69) is 9.97 Å². The van der Waals surface area contributed by atoms with Crippen molar-refractivity contribution in [2.75, 3.05) is 5.73 Å². The van der Waals surface area contributed by atoms with Gasteiger partial charge in [-0.2, -0.15) is 0 Å². The van der Waals surface area contributed by atoms with Crippen LogP contribution in [-0.4, -0.2) is 27.1 Å². The molecule has 25 heavy (non-hydrogen) atoms. The third-order valence-corrected chi connectivity index (χ3v) is 3.84. The molecule has 0 aliphatic carbocycles. The molecule has 6 nitrogen and oxygen atoms in total. The second-order valence-corrected chi connectivity index (χ2v) is 5.71. The molecular weight excluding hydrogens is 316 g/mol. The lowest BCUT2D eigenvalue weighted by molar-refractivity contribution is -0.138. The standard InChI is InChI=1S/C19H18N4O2/c20-15(18(24)25)10-12-6-8-14(9-7-12)17-11-16(22-19(21)23-17)13-4-2-1-3-5-13/h1-9,11,15H,10,20H2,(H,24,25)(H2,21,22,23)/t15-/m0/s1. The molecule has 0 radical (unpaired) electrons. The van der Waals surface area contributed by atoms with E-state index in [0.29, 0.717) is 5.69 Å². The number of aliphatic carboxylic acids is 1.